The Kier molecular flexibility index (Phi) is 3.35. The number of nitrogens with one attached hydrogen (secondary N) is 2. The van der Waals surface area contributed by atoms with Gasteiger partial charge in [-0.1, -0.05) is 35.5 Å². The smallest absolute Gasteiger partial charge is 0.360 e. The number of aliphatic imine (C=N–C) groups is 1. The molecule has 2 heterocycles. The first kappa shape index (κ1) is 15.1. The van der Waals surface area contributed by atoms with Crippen LogP contribution in [0, 0.1) is 6.92 Å². The van der Waals surface area contributed by atoms with Crippen molar-refractivity contribution in [1.29, 1.82) is 0 Å². The molecule has 1 atom stereocenters. The third-order valence-electron chi connectivity index (χ3n) is 3.23. The molecular formula is C14H11F3N4O2. The van der Waals surface area contributed by atoms with Crippen molar-refractivity contribution in [3.05, 3.63) is 47.7 Å². The van der Waals surface area contributed by atoms with Gasteiger partial charge in [0.25, 0.3) is 5.91 Å². The molecule has 0 bridgehead atoms. The maximum Gasteiger partial charge on any atom is 0.442 e. The fourth-order valence-corrected chi connectivity index (χ4v) is 2.14. The Morgan fingerprint density at radius 3 is 2.52 bits per heavy atom. The van der Waals surface area contributed by atoms with Crippen LogP contribution in [0.5, 0.6) is 0 Å². The minimum Gasteiger partial charge on any atom is -0.360 e. The fourth-order valence-electron chi connectivity index (χ4n) is 2.14. The molecule has 0 unspecified atom stereocenters. The minimum atomic E-state index is -4.97. The normalized spacial score (nSPS) is 21.0. The van der Waals surface area contributed by atoms with Crippen LogP contribution in [-0.4, -0.2) is 28.7 Å². The van der Waals surface area contributed by atoms with E-state index in [0.717, 1.165) is 0 Å². The van der Waals surface area contributed by atoms with E-state index >= 15 is 0 Å². The van der Waals surface area contributed by atoms with Gasteiger partial charge in [0, 0.05) is 11.6 Å². The molecule has 2 aromatic rings. The Morgan fingerprint density at radius 2 is 1.96 bits per heavy atom. The number of aromatic nitrogens is 1. The van der Waals surface area contributed by atoms with Crippen molar-refractivity contribution in [2.45, 2.75) is 18.8 Å². The van der Waals surface area contributed by atoms with E-state index in [1.165, 1.54) is 13.0 Å². The Bertz CT molecular complexity index is 770. The Labute approximate surface area is 128 Å². The third kappa shape index (κ3) is 2.54. The van der Waals surface area contributed by atoms with Crippen molar-refractivity contribution in [1.82, 2.24) is 10.5 Å². The molecule has 0 aliphatic carbocycles. The van der Waals surface area contributed by atoms with Crippen LogP contribution in [0.15, 0.2) is 45.9 Å². The predicted octanol–water partition coefficient (Wildman–Crippen LogP) is 2.23. The summed E-state index contributed by atoms with van der Waals surface area (Å²) in [6.45, 7) is 1.52. The maximum atomic E-state index is 13.6. The van der Waals surface area contributed by atoms with Crippen molar-refractivity contribution in [2.24, 2.45) is 4.99 Å². The lowest BCUT2D eigenvalue weighted by molar-refractivity contribution is -0.181. The number of amides is 1. The number of hydrogen-bond acceptors (Lipinski definition) is 5. The lowest BCUT2D eigenvalue weighted by atomic mass is 10.1. The zero-order valence-electron chi connectivity index (χ0n) is 11.8. The Hall–Kier alpha value is -2.84. The summed E-state index contributed by atoms with van der Waals surface area (Å²) in [6, 6.07) is 9.31. The van der Waals surface area contributed by atoms with Gasteiger partial charge in [-0.3, -0.25) is 4.79 Å². The summed E-state index contributed by atoms with van der Waals surface area (Å²) in [5.41, 5.74) is -2.79. The largest absolute Gasteiger partial charge is 0.442 e. The van der Waals surface area contributed by atoms with Crippen molar-refractivity contribution in [3.8, 4) is 0 Å². The number of rotatable bonds is 3. The first-order valence-electron chi connectivity index (χ1n) is 6.57. The highest BCUT2D eigenvalue weighted by Gasteiger charge is 2.64. The van der Waals surface area contributed by atoms with E-state index in [1.807, 2.05) is 5.32 Å². The molecule has 0 saturated heterocycles. The minimum absolute atomic E-state index is 0.166. The summed E-state index contributed by atoms with van der Waals surface area (Å²) in [7, 11) is 0. The van der Waals surface area contributed by atoms with Gasteiger partial charge in [-0.25, -0.2) is 4.99 Å². The van der Waals surface area contributed by atoms with Gasteiger partial charge < -0.3 is 15.2 Å². The van der Waals surface area contributed by atoms with Crippen LogP contribution in [0.25, 0.3) is 0 Å². The molecule has 0 saturated carbocycles. The first-order valence-corrected chi connectivity index (χ1v) is 6.57. The summed E-state index contributed by atoms with van der Waals surface area (Å²) < 4.78 is 45.4. The van der Waals surface area contributed by atoms with Crippen LogP contribution in [0.2, 0.25) is 0 Å². The number of carbonyl (C=O) groups excluding carboxylic acids is 1. The molecular weight excluding hydrogens is 313 g/mol. The van der Waals surface area contributed by atoms with E-state index in [1.54, 1.807) is 30.3 Å². The molecule has 0 fully saturated rings. The number of alkyl halides is 3. The Balaban J connectivity index is 2.05. The van der Waals surface area contributed by atoms with E-state index in [-0.39, 0.29) is 11.7 Å². The molecule has 3 rings (SSSR count). The van der Waals surface area contributed by atoms with Gasteiger partial charge >= 0.3 is 11.8 Å². The van der Waals surface area contributed by atoms with E-state index < -0.39 is 17.7 Å². The van der Waals surface area contributed by atoms with Crippen LogP contribution in [0.4, 0.5) is 19.0 Å². The molecule has 0 spiro atoms. The summed E-state index contributed by atoms with van der Waals surface area (Å²) in [5.74, 6) is -1.42. The summed E-state index contributed by atoms with van der Waals surface area (Å²) in [4.78, 5) is 15.7. The van der Waals surface area contributed by atoms with Gasteiger partial charge in [-0.15, -0.1) is 0 Å². The highest BCUT2D eigenvalue weighted by atomic mass is 19.4. The quantitative estimate of drug-likeness (QED) is 0.907. The van der Waals surface area contributed by atoms with Crippen LogP contribution in [0.1, 0.15) is 11.3 Å². The number of halogens is 3. The monoisotopic (exact) mass is 324 g/mol. The number of nitrogens with zero attached hydrogens (tertiary/aromatic N) is 2. The number of aryl methyl sites for hydroxylation is 1. The standard InChI is InChI=1S/C14H11F3N4O2/c1-8-7-10(21-23-8)19-13(14(15,16)17)12(22)18-11(20-13)9-5-3-2-4-6-9/h2-7H,1H3,(H,19,21)(H,18,20,22)/t13-/m1/s1. The topological polar surface area (TPSA) is 79.5 Å². The van der Waals surface area contributed by atoms with Gasteiger partial charge in [0.1, 0.15) is 11.6 Å². The summed E-state index contributed by atoms with van der Waals surface area (Å²) >= 11 is 0. The van der Waals surface area contributed by atoms with Gasteiger partial charge in [-0.2, -0.15) is 13.2 Å². The highest BCUT2D eigenvalue weighted by Crippen LogP contribution is 2.37. The van der Waals surface area contributed by atoms with Gasteiger partial charge in [-0.05, 0) is 6.92 Å². The second kappa shape index (κ2) is 5.11. The predicted molar refractivity (Wildman–Crippen MR) is 74.8 cm³/mol. The molecule has 1 amide bonds. The maximum absolute atomic E-state index is 13.6. The van der Waals surface area contributed by atoms with Crippen LogP contribution in [-0.2, 0) is 4.79 Å². The lowest BCUT2D eigenvalue weighted by Crippen LogP contribution is -2.57. The fraction of sp³-hybridized carbons (Fsp3) is 0.214. The van der Waals surface area contributed by atoms with Crippen LogP contribution < -0.4 is 10.6 Å². The Morgan fingerprint density at radius 1 is 1.26 bits per heavy atom. The lowest BCUT2D eigenvalue weighted by Gasteiger charge is -2.26. The molecule has 2 N–H and O–H groups in total. The average Bonchev–Trinajstić information content (AvgIpc) is 3.04. The summed E-state index contributed by atoms with van der Waals surface area (Å²) in [6.07, 6.45) is -4.97. The van der Waals surface area contributed by atoms with Crippen LogP contribution in [0.3, 0.4) is 0 Å². The van der Waals surface area contributed by atoms with E-state index in [9.17, 15) is 18.0 Å². The van der Waals surface area contributed by atoms with Crippen molar-refractivity contribution in [2.75, 3.05) is 5.32 Å². The number of amidine groups is 1. The highest BCUT2D eigenvalue weighted by molar-refractivity contribution is 6.16. The van der Waals surface area contributed by atoms with Crippen molar-refractivity contribution in [3.63, 3.8) is 0 Å². The molecule has 23 heavy (non-hydrogen) atoms. The van der Waals surface area contributed by atoms with Gasteiger partial charge in [0.05, 0.1) is 0 Å². The van der Waals surface area contributed by atoms with Gasteiger partial charge in [0.15, 0.2) is 5.82 Å². The molecule has 6 nitrogen and oxygen atoms in total. The number of carbonyl (C=O) groups is 1. The third-order valence-corrected chi connectivity index (χ3v) is 3.23. The van der Waals surface area contributed by atoms with E-state index in [2.05, 4.69) is 15.5 Å². The molecule has 1 aliphatic rings. The van der Waals surface area contributed by atoms with E-state index in [0.29, 0.717) is 11.3 Å². The second-order valence-corrected chi connectivity index (χ2v) is 4.94. The second-order valence-electron chi connectivity index (χ2n) is 4.94. The van der Waals surface area contributed by atoms with Crippen molar-refractivity contribution >= 4 is 17.6 Å². The number of anilines is 1. The molecule has 1 aromatic heterocycles. The molecule has 0 radical (unpaired) electrons. The molecule has 9 heteroatoms. The van der Waals surface area contributed by atoms with E-state index in [4.69, 9.17) is 4.52 Å². The van der Waals surface area contributed by atoms with Crippen molar-refractivity contribution < 1.29 is 22.5 Å². The number of hydrogen-bond donors (Lipinski definition) is 2. The SMILES string of the molecule is Cc1cc(N[C@@]2(C(F)(F)F)N=C(c3ccccc3)NC2=O)no1. The molecule has 1 aromatic carbocycles. The zero-order valence-corrected chi connectivity index (χ0v) is 11.8. The zero-order chi connectivity index (χ0) is 16.7. The molecule has 1 aliphatic heterocycles. The van der Waals surface area contributed by atoms with Crippen LogP contribution >= 0.6 is 0 Å². The average molecular weight is 324 g/mol. The molecule has 120 valence electrons. The van der Waals surface area contributed by atoms with Gasteiger partial charge in [0.2, 0.25) is 0 Å². The number of benzene rings is 1. The summed E-state index contributed by atoms with van der Waals surface area (Å²) in [5, 5.41) is 7.63. The first-order chi connectivity index (χ1) is 10.8.